The van der Waals surface area contributed by atoms with Crippen LogP contribution in [-0.2, 0) is 19.1 Å². The van der Waals surface area contributed by atoms with Gasteiger partial charge in [0.15, 0.2) is 5.54 Å². The van der Waals surface area contributed by atoms with Gasteiger partial charge < -0.3 is 18.9 Å². The molecule has 7 nitrogen and oxygen atoms in total. The minimum absolute atomic E-state index is 0.0751. The van der Waals surface area contributed by atoms with Crippen LogP contribution in [0.3, 0.4) is 0 Å². The molecule has 0 aliphatic carbocycles. The van der Waals surface area contributed by atoms with Gasteiger partial charge in [-0.05, 0) is 62.6 Å². The van der Waals surface area contributed by atoms with Gasteiger partial charge in [-0.1, -0.05) is 23.7 Å². The van der Waals surface area contributed by atoms with E-state index >= 15 is 0 Å². The third kappa shape index (κ3) is 6.41. The largest absolute Gasteiger partial charge is 0.497 e. The second kappa shape index (κ2) is 12.2. The van der Waals surface area contributed by atoms with Crippen LogP contribution in [0, 0.1) is 23.7 Å². The van der Waals surface area contributed by atoms with Gasteiger partial charge in [0.2, 0.25) is 0 Å². The van der Waals surface area contributed by atoms with Gasteiger partial charge in [-0.25, -0.2) is 9.59 Å². The average molecular weight is 462 g/mol. The van der Waals surface area contributed by atoms with Crippen LogP contribution in [0.1, 0.15) is 11.1 Å². The Morgan fingerprint density at radius 1 is 0.765 bits per heavy atom. The van der Waals surface area contributed by atoms with E-state index < -0.39 is 17.5 Å². The minimum Gasteiger partial charge on any atom is -0.497 e. The molecule has 0 radical (unpaired) electrons. The van der Waals surface area contributed by atoms with Gasteiger partial charge in [-0.2, -0.15) is 0 Å². The van der Waals surface area contributed by atoms with E-state index in [1.807, 2.05) is 0 Å². The van der Waals surface area contributed by atoms with Gasteiger partial charge in [0.25, 0.3) is 0 Å². The van der Waals surface area contributed by atoms with Gasteiger partial charge >= 0.3 is 11.9 Å². The first-order valence-electron chi connectivity index (χ1n) is 10.2. The zero-order valence-corrected chi connectivity index (χ0v) is 20.1. The summed E-state index contributed by atoms with van der Waals surface area (Å²) in [4.78, 5) is 26.6. The lowest BCUT2D eigenvalue weighted by Gasteiger charge is -2.31. The van der Waals surface area contributed by atoms with Crippen molar-refractivity contribution in [2.24, 2.45) is 0 Å². The van der Waals surface area contributed by atoms with Crippen molar-refractivity contribution in [2.75, 3.05) is 42.5 Å². The Kier molecular flexibility index (Phi) is 9.31. The summed E-state index contributed by atoms with van der Waals surface area (Å²) in [7, 11) is 9.01. The SMILES string of the molecule is COC(=O)/C=C(\C(=O)OC)C(C#Cc1ccc(OC)cc1)(C#Cc1ccc(OC)cc1)N(C)C. The topological polar surface area (TPSA) is 74.3 Å². The molecule has 0 saturated heterocycles. The van der Waals surface area contributed by atoms with Crippen molar-refractivity contribution < 1.29 is 28.5 Å². The van der Waals surface area contributed by atoms with E-state index in [4.69, 9.17) is 18.9 Å². The zero-order valence-electron chi connectivity index (χ0n) is 20.1. The number of hydrogen-bond donors (Lipinski definition) is 0. The molecule has 0 N–H and O–H groups in total. The number of methoxy groups -OCH3 is 4. The Morgan fingerprint density at radius 2 is 1.21 bits per heavy atom. The molecule has 0 aliphatic heterocycles. The Labute approximate surface area is 200 Å². The minimum atomic E-state index is -1.50. The third-order valence-electron chi connectivity index (χ3n) is 4.88. The third-order valence-corrected chi connectivity index (χ3v) is 4.88. The number of hydrogen-bond acceptors (Lipinski definition) is 7. The number of rotatable bonds is 6. The summed E-state index contributed by atoms with van der Waals surface area (Å²) in [6, 6.07) is 14.2. The summed E-state index contributed by atoms with van der Waals surface area (Å²) >= 11 is 0. The molecule has 0 atom stereocenters. The number of likely N-dealkylation sites (N-methyl/N-ethyl adjacent to an activating group) is 1. The Balaban J connectivity index is 2.75. The first-order valence-corrected chi connectivity index (χ1v) is 10.2. The van der Waals surface area contributed by atoms with E-state index in [-0.39, 0.29) is 5.57 Å². The molecule has 0 spiro atoms. The smallest absolute Gasteiger partial charge is 0.337 e. The first-order chi connectivity index (χ1) is 16.3. The lowest BCUT2D eigenvalue weighted by atomic mass is 9.87. The van der Waals surface area contributed by atoms with Crippen molar-refractivity contribution in [3.8, 4) is 35.2 Å². The van der Waals surface area contributed by atoms with E-state index in [1.54, 1.807) is 81.7 Å². The van der Waals surface area contributed by atoms with Gasteiger partial charge in [0, 0.05) is 17.2 Å². The molecule has 0 fully saturated rings. The fraction of sp³-hybridized carbons (Fsp3) is 0.259. The average Bonchev–Trinajstić information content (AvgIpc) is 2.87. The van der Waals surface area contributed by atoms with Crippen LogP contribution >= 0.6 is 0 Å². The highest BCUT2D eigenvalue weighted by molar-refractivity contribution is 6.00. The summed E-state index contributed by atoms with van der Waals surface area (Å²) in [5.41, 5.74) is -0.240. The van der Waals surface area contributed by atoms with Crippen LogP contribution in [-0.4, -0.2) is 64.9 Å². The molecule has 0 aliphatic rings. The van der Waals surface area contributed by atoms with Crippen LogP contribution in [0.15, 0.2) is 60.2 Å². The summed E-state index contributed by atoms with van der Waals surface area (Å²) < 4.78 is 20.1. The van der Waals surface area contributed by atoms with Crippen LogP contribution in [0.4, 0.5) is 0 Å². The highest BCUT2D eigenvalue weighted by Gasteiger charge is 2.39. The predicted octanol–water partition coefficient (Wildman–Crippen LogP) is 2.68. The molecule has 0 amide bonds. The fourth-order valence-corrected chi connectivity index (χ4v) is 2.90. The molecule has 34 heavy (non-hydrogen) atoms. The zero-order chi connectivity index (χ0) is 25.1. The molecule has 0 saturated carbocycles. The fourth-order valence-electron chi connectivity index (χ4n) is 2.90. The van der Waals surface area contributed by atoms with Crippen molar-refractivity contribution in [3.63, 3.8) is 0 Å². The van der Waals surface area contributed by atoms with E-state index in [9.17, 15) is 9.59 Å². The second-order valence-electron chi connectivity index (χ2n) is 7.13. The van der Waals surface area contributed by atoms with Gasteiger partial charge in [0.05, 0.1) is 34.0 Å². The number of carbonyl (C=O) groups excluding carboxylic acids is 2. The molecule has 0 unspecified atom stereocenters. The number of carbonyl (C=O) groups is 2. The Morgan fingerprint density at radius 3 is 1.53 bits per heavy atom. The lowest BCUT2D eigenvalue weighted by molar-refractivity contribution is -0.139. The Bertz CT molecular complexity index is 1090. The standard InChI is InChI=1S/C27H27NO6/c1-28(2)27(24(26(30)34-6)19-25(29)33-5,17-15-20-7-11-22(31-3)12-8-20)18-16-21-9-13-23(32-4)14-10-21/h7-14,19H,1-6H3/b24-19+. The molecule has 2 aromatic rings. The summed E-state index contributed by atoms with van der Waals surface area (Å²) in [5, 5.41) is 0. The quantitative estimate of drug-likeness (QED) is 0.372. The van der Waals surface area contributed by atoms with Crippen molar-refractivity contribution in [3.05, 3.63) is 71.3 Å². The lowest BCUT2D eigenvalue weighted by Crippen LogP contribution is -2.46. The number of nitrogens with zero attached hydrogens (tertiary/aromatic N) is 1. The highest BCUT2D eigenvalue weighted by Crippen LogP contribution is 2.25. The predicted molar refractivity (Wildman–Crippen MR) is 128 cm³/mol. The van der Waals surface area contributed by atoms with E-state index in [2.05, 4.69) is 23.7 Å². The van der Waals surface area contributed by atoms with Gasteiger partial charge in [-0.3, -0.25) is 4.90 Å². The van der Waals surface area contributed by atoms with Crippen LogP contribution in [0.2, 0.25) is 0 Å². The molecular formula is C27H27NO6. The maximum Gasteiger partial charge on any atom is 0.337 e. The van der Waals surface area contributed by atoms with E-state index in [0.29, 0.717) is 22.6 Å². The maximum absolute atomic E-state index is 12.8. The number of benzene rings is 2. The first kappa shape index (κ1) is 26.1. The van der Waals surface area contributed by atoms with E-state index in [1.165, 1.54) is 14.2 Å². The van der Waals surface area contributed by atoms with Crippen LogP contribution in [0.25, 0.3) is 0 Å². The molecule has 0 bridgehead atoms. The maximum atomic E-state index is 12.8. The molecule has 0 heterocycles. The Hall–Kier alpha value is -4.20. The molecular weight excluding hydrogens is 434 g/mol. The monoisotopic (exact) mass is 461 g/mol. The van der Waals surface area contributed by atoms with Crippen molar-refractivity contribution in [1.29, 1.82) is 0 Å². The molecule has 7 heteroatoms. The normalized spacial score (nSPS) is 10.9. The molecule has 176 valence electrons. The van der Waals surface area contributed by atoms with Crippen molar-refractivity contribution >= 4 is 11.9 Å². The van der Waals surface area contributed by atoms with Crippen molar-refractivity contribution in [2.45, 2.75) is 5.54 Å². The van der Waals surface area contributed by atoms with Crippen LogP contribution in [0.5, 0.6) is 11.5 Å². The van der Waals surface area contributed by atoms with Gasteiger partial charge in [0.1, 0.15) is 11.5 Å². The van der Waals surface area contributed by atoms with Gasteiger partial charge in [-0.15, -0.1) is 0 Å². The molecule has 0 aromatic heterocycles. The molecule has 2 rings (SSSR count). The van der Waals surface area contributed by atoms with Crippen LogP contribution < -0.4 is 9.47 Å². The second-order valence-corrected chi connectivity index (χ2v) is 7.13. The van der Waals surface area contributed by atoms with Crippen molar-refractivity contribution in [1.82, 2.24) is 4.90 Å². The highest BCUT2D eigenvalue weighted by atomic mass is 16.5. The summed E-state index contributed by atoms with van der Waals surface area (Å²) in [6.07, 6.45) is 1.05. The van der Waals surface area contributed by atoms with E-state index in [0.717, 1.165) is 6.08 Å². The molecule has 2 aromatic carbocycles. The number of esters is 2. The number of ether oxygens (including phenoxy) is 4. The summed E-state index contributed by atoms with van der Waals surface area (Å²) in [6.45, 7) is 0. The summed E-state index contributed by atoms with van der Waals surface area (Å²) in [5.74, 6) is 12.2.